The lowest BCUT2D eigenvalue weighted by Gasteiger charge is -2.25. The Morgan fingerprint density at radius 1 is 1.08 bits per heavy atom. The van der Waals surface area contributed by atoms with Gasteiger partial charge in [-0.15, -0.1) is 0 Å². The van der Waals surface area contributed by atoms with E-state index in [2.05, 4.69) is 0 Å². The van der Waals surface area contributed by atoms with E-state index in [9.17, 15) is 13.2 Å². The summed E-state index contributed by atoms with van der Waals surface area (Å²) in [6.45, 7) is 0. The highest BCUT2D eigenvalue weighted by Crippen LogP contribution is 2.43. The molecule has 2 aromatic rings. The van der Waals surface area contributed by atoms with E-state index in [4.69, 9.17) is 16.3 Å². The van der Waals surface area contributed by atoms with E-state index < -0.39 is 9.84 Å². The quantitative estimate of drug-likeness (QED) is 0.823. The van der Waals surface area contributed by atoms with E-state index in [-0.39, 0.29) is 35.8 Å². The second-order valence-electron chi connectivity index (χ2n) is 6.40. The molecule has 2 heterocycles. The molecule has 2 saturated heterocycles. The van der Waals surface area contributed by atoms with Gasteiger partial charge in [0.1, 0.15) is 5.75 Å². The molecule has 0 saturated carbocycles. The van der Waals surface area contributed by atoms with Crippen LogP contribution < -0.4 is 9.64 Å². The number of amides is 1. The number of ether oxygens (including phenoxy) is 1. The van der Waals surface area contributed by atoms with Crippen molar-refractivity contribution in [1.29, 1.82) is 0 Å². The number of halogens is 1. The summed E-state index contributed by atoms with van der Waals surface area (Å²) in [5.74, 6) is 0.907. The molecule has 2 atom stereocenters. The maximum absolute atomic E-state index is 12.5. The molecule has 1 amide bonds. The topological polar surface area (TPSA) is 63.7 Å². The summed E-state index contributed by atoms with van der Waals surface area (Å²) < 4.78 is 29.9. The van der Waals surface area contributed by atoms with Crippen molar-refractivity contribution in [3.63, 3.8) is 0 Å². The highest BCUT2D eigenvalue weighted by atomic mass is 35.5. The van der Waals surface area contributed by atoms with Gasteiger partial charge in [-0.1, -0.05) is 29.8 Å². The largest absolute Gasteiger partial charge is 0.455 e. The van der Waals surface area contributed by atoms with E-state index in [1.807, 2.05) is 30.3 Å². The minimum Gasteiger partial charge on any atom is -0.455 e. The molecule has 2 aliphatic heterocycles. The van der Waals surface area contributed by atoms with Gasteiger partial charge >= 0.3 is 0 Å². The van der Waals surface area contributed by atoms with Crippen LogP contribution in [0.4, 0.5) is 5.69 Å². The molecule has 7 heteroatoms. The number of fused-ring (bicyclic) bond motifs is 1. The minimum atomic E-state index is -3.12. The summed E-state index contributed by atoms with van der Waals surface area (Å²) in [5, 5.41) is 0.465. The monoisotopic (exact) mass is 377 g/mol. The Hall–Kier alpha value is -2.05. The number of carbonyl (C=O) groups excluding carboxylic acids is 1. The lowest BCUT2D eigenvalue weighted by atomic mass is 10.0. The van der Waals surface area contributed by atoms with Crippen molar-refractivity contribution in [3.05, 3.63) is 53.6 Å². The van der Waals surface area contributed by atoms with Crippen LogP contribution in [-0.2, 0) is 14.6 Å². The Morgan fingerprint density at radius 3 is 2.60 bits per heavy atom. The van der Waals surface area contributed by atoms with Gasteiger partial charge in [-0.3, -0.25) is 4.79 Å². The molecule has 25 heavy (non-hydrogen) atoms. The average Bonchev–Trinajstić information content (AvgIpc) is 3.00. The lowest BCUT2D eigenvalue weighted by molar-refractivity contribution is -0.117. The van der Waals surface area contributed by atoms with E-state index in [1.165, 1.54) is 0 Å². The molecule has 0 aliphatic carbocycles. The number of nitrogens with zero attached hydrogens (tertiary/aromatic N) is 1. The van der Waals surface area contributed by atoms with Crippen molar-refractivity contribution in [2.24, 2.45) is 5.92 Å². The molecule has 0 aromatic heterocycles. The van der Waals surface area contributed by atoms with Crippen molar-refractivity contribution in [3.8, 4) is 11.5 Å². The molecule has 0 unspecified atom stereocenters. The molecular formula is C18H16ClNO4S. The summed E-state index contributed by atoms with van der Waals surface area (Å²) >= 11 is 6.13. The van der Waals surface area contributed by atoms with Crippen LogP contribution in [0, 0.1) is 5.92 Å². The number of benzene rings is 2. The standard InChI is InChI=1S/C18H16ClNO4S/c19-13-6-7-17(24-14-4-2-1-3-5-14)15(9-13)20-16-11-25(22,23)10-12(16)8-18(20)21/h1-7,9,12,16H,8,10-11H2/t12-,16+/m1/s1. The third kappa shape index (κ3) is 3.12. The maximum atomic E-state index is 12.5. The summed E-state index contributed by atoms with van der Waals surface area (Å²) in [4.78, 5) is 14.1. The van der Waals surface area contributed by atoms with Crippen LogP contribution in [0.3, 0.4) is 0 Å². The zero-order chi connectivity index (χ0) is 17.6. The number of carbonyl (C=O) groups is 1. The van der Waals surface area contributed by atoms with Gasteiger partial charge in [0, 0.05) is 17.4 Å². The number of sulfone groups is 1. The van der Waals surface area contributed by atoms with Gasteiger partial charge in [0.05, 0.1) is 23.2 Å². The first kappa shape index (κ1) is 16.4. The van der Waals surface area contributed by atoms with E-state index in [0.29, 0.717) is 22.2 Å². The van der Waals surface area contributed by atoms with Gasteiger partial charge < -0.3 is 9.64 Å². The Labute approximate surface area is 151 Å². The van der Waals surface area contributed by atoms with Gasteiger partial charge in [-0.05, 0) is 30.3 Å². The smallest absolute Gasteiger partial charge is 0.227 e. The van der Waals surface area contributed by atoms with Crippen LogP contribution in [0.1, 0.15) is 6.42 Å². The molecule has 0 radical (unpaired) electrons. The second-order valence-corrected chi connectivity index (χ2v) is 8.99. The average molecular weight is 378 g/mol. The fraction of sp³-hybridized carbons (Fsp3) is 0.278. The van der Waals surface area contributed by atoms with Crippen molar-refractivity contribution >= 4 is 33.0 Å². The van der Waals surface area contributed by atoms with Gasteiger partial charge in [0.2, 0.25) is 5.91 Å². The van der Waals surface area contributed by atoms with Gasteiger partial charge in [-0.2, -0.15) is 0 Å². The second kappa shape index (κ2) is 6.04. The van der Waals surface area contributed by atoms with E-state index >= 15 is 0 Å². The Bertz CT molecular complexity index is 929. The molecule has 5 nitrogen and oxygen atoms in total. The molecular weight excluding hydrogens is 362 g/mol. The van der Waals surface area contributed by atoms with Crippen LogP contribution in [0.5, 0.6) is 11.5 Å². The molecule has 0 bridgehead atoms. The van der Waals surface area contributed by atoms with Crippen LogP contribution in [0.2, 0.25) is 5.02 Å². The SMILES string of the molecule is O=C1C[C@@H]2CS(=O)(=O)C[C@@H]2N1c1cc(Cl)ccc1Oc1ccccc1. The Balaban J connectivity index is 1.74. The molecule has 0 spiro atoms. The third-order valence-electron chi connectivity index (χ3n) is 4.63. The highest BCUT2D eigenvalue weighted by Gasteiger charge is 2.49. The zero-order valence-corrected chi connectivity index (χ0v) is 14.8. The normalized spacial score (nSPS) is 24.4. The number of rotatable bonds is 3. The van der Waals surface area contributed by atoms with Gasteiger partial charge in [0.15, 0.2) is 15.6 Å². The number of para-hydroxylation sites is 1. The van der Waals surface area contributed by atoms with Crippen LogP contribution in [0.15, 0.2) is 48.5 Å². The summed E-state index contributed by atoms with van der Waals surface area (Å²) in [7, 11) is -3.12. The van der Waals surface area contributed by atoms with E-state index in [1.54, 1.807) is 23.1 Å². The molecule has 2 fully saturated rings. The fourth-order valence-electron chi connectivity index (χ4n) is 3.58. The van der Waals surface area contributed by atoms with Gasteiger partial charge in [0.25, 0.3) is 0 Å². The van der Waals surface area contributed by atoms with Crippen molar-refractivity contribution in [2.75, 3.05) is 16.4 Å². The minimum absolute atomic E-state index is 0.0132. The van der Waals surface area contributed by atoms with Crippen molar-refractivity contribution in [2.45, 2.75) is 12.5 Å². The lowest BCUT2D eigenvalue weighted by Crippen LogP contribution is -2.36. The predicted octanol–water partition coefficient (Wildman–Crippen LogP) is 3.28. The van der Waals surface area contributed by atoms with Crippen molar-refractivity contribution in [1.82, 2.24) is 0 Å². The molecule has 4 rings (SSSR count). The van der Waals surface area contributed by atoms with Gasteiger partial charge in [-0.25, -0.2) is 8.42 Å². The van der Waals surface area contributed by atoms with Crippen LogP contribution in [0.25, 0.3) is 0 Å². The first-order valence-electron chi connectivity index (χ1n) is 7.98. The Kier molecular flexibility index (Phi) is 3.96. The van der Waals surface area contributed by atoms with Crippen LogP contribution >= 0.6 is 11.6 Å². The third-order valence-corrected chi connectivity index (χ3v) is 6.65. The maximum Gasteiger partial charge on any atom is 0.227 e. The summed E-state index contributed by atoms with van der Waals surface area (Å²) in [5.41, 5.74) is 0.519. The zero-order valence-electron chi connectivity index (χ0n) is 13.3. The summed E-state index contributed by atoms with van der Waals surface area (Å²) in [6, 6.07) is 13.9. The number of anilines is 1. The number of hydrogen-bond acceptors (Lipinski definition) is 4. The fourth-order valence-corrected chi connectivity index (χ4v) is 5.82. The molecule has 130 valence electrons. The Morgan fingerprint density at radius 2 is 1.84 bits per heavy atom. The van der Waals surface area contributed by atoms with E-state index in [0.717, 1.165) is 0 Å². The first-order valence-corrected chi connectivity index (χ1v) is 10.2. The summed E-state index contributed by atoms with van der Waals surface area (Å²) in [6.07, 6.45) is 0.237. The molecule has 0 N–H and O–H groups in total. The van der Waals surface area contributed by atoms with Crippen molar-refractivity contribution < 1.29 is 17.9 Å². The van der Waals surface area contributed by atoms with Crippen LogP contribution in [-0.4, -0.2) is 31.9 Å². The highest BCUT2D eigenvalue weighted by molar-refractivity contribution is 7.91. The first-order chi connectivity index (χ1) is 11.9. The molecule has 2 aliphatic rings. The molecule has 2 aromatic carbocycles. The predicted molar refractivity (Wildman–Crippen MR) is 96.0 cm³/mol. The number of hydrogen-bond donors (Lipinski definition) is 0.